The molecule has 0 aliphatic heterocycles. The predicted molar refractivity (Wildman–Crippen MR) is 70.5 cm³/mol. The molecule has 0 bridgehead atoms. The summed E-state index contributed by atoms with van der Waals surface area (Å²) in [6, 6.07) is 3.83. The molecule has 2 aromatic carbocycles. The first-order chi connectivity index (χ1) is 8.88. The molecule has 0 unspecified atom stereocenters. The molecule has 0 aromatic heterocycles. The van der Waals surface area contributed by atoms with Crippen LogP contribution in [0.2, 0.25) is 10.0 Å². The number of hydrogen-bond donors (Lipinski definition) is 2. The van der Waals surface area contributed by atoms with Crippen molar-refractivity contribution in [2.75, 3.05) is 11.1 Å². The number of hydrogen-bond acceptors (Lipinski definition) is 2. The van der Waals surface area contributed by atoms with Crippen LogP contribution < -0.4 is 11.1 Å². The highest BCUT2D eigenvalue weighted by molar-refractivity contribution is 6.39. The highest BCUT2D eigenvalue weighted by Gasteiger charge is 2.15. The average molecular weight is 307 g/mol. The lowest BCUT2D eigenvalue weighted by Crippen LogP contribution is -2.01. The number of benzene rings is 2. The van der Waals surface area contributed by atoms with Gasteiger partial charge in [-0.1, -0.05) is 23.2 Å². The van der Waals surface area contributed by atoms with Crippen LogP contribution in [0, 0.1) is 17.5 Å². The fourth-order valence-corrected chi connectivity index (χ4v) is 2.05. The number of nitrogens with two attached hydrogens (primary N) is 1. The first-order valence-corrected chi connectivity index (χ1v) is 5.80. The van der Waals surface area contributed by atoms with Gasteiger partial charge < -0.3 is 11.1 Å². The van der Waals surface area contributed by atoms with Crippen molar-refractivity contribution in [3.63, 3.8) is 0 Å². The third-order valence-electron chi connectivity index (χ3n) is 2.32. The maximum Gasteiger partial charge on any atom is 0.151 e. The van der Waals surface area contributed by atoms with E-state index in [-0.39, 0.29) is 21.4 Å². The van der Waals surface area contributed by atoms with Crippen LogP contribution in [0.5, 0.6) is 0 Å². The van der Waals surface area contributed by atoms with E-state index in [4.69, 9.17) is 28.9 Å². The van der Waals surface area contributed by atoms with E-state index in [1.165, 1.54) is 0 Å². The SMILES string of the molecule is Nc1cc(F)c(Nc2c(Cl)cc(F)cc2Cl)c(F)c1. The Labute approximate surface area is 116 Å². The second-order valence-corrected chi connectivity index (χ2v) is 4.54. The van der Waals surface area contributed by atoms with Crippen molar-refractivity contribution in [2.24, 2.45) is 0 Å². The summed E-state index contributed by atoms with van der Waals surface area (Å²) in [6.45, 7) is 0. The Kier molecular flexibility index (Phi) is 3.78. The molecule has 3 N–H and O–H groups in total. The lowest BCUT2D eigenvalue weighted by molar-refractivity contribution is 0.592. The fourth-order valence-electron chi connectivity index (χ4n) is 1.50. The summed E-state index contributed by atoms with van der Waals surface area (Å²) in [7, 11) is 0. The summed E-state index contributed by atoms with van der Waals surface area (Å²) in [5.41, 5.74) is 4.77. The molecule has 0 spiro atoms. The van der Waals surface area contributed by atoms with E-state index in [9.17, 15) is 13.2 Å². The highest BCUT2D eigenvalue weighted by atomic mass is 35.5. The number of nitrogens with one attached hydrogen (secondary N) is 1. The van der Waals surface area contributed by atoms with Crippen LogP contribution in [0.15, 0.2) is 24.3 Å². The van der Waals surface area contributed by atoms with Gasteiger partial charge in [0.15, 0.2) is 11.6 Å². The molecule has 19 heavy (non-hydrogen) atoms. The predicted octanol–water partition coefficient (Wildman–Crippen LogP) is 4.74. The first kappa shape index (κ1) is 13.8. The van der Waals surface area contributed by atoms with E-state index in [1.54, 1.807) is 0 Å². The second-order valence-electron chi connectivity index (χ2n) is 3.73. The van der Waals surface area contributed by atoms with Crippen molar-refractivity contribution < 1.29 is 13.2 Å². The van der Waals surface area contributed by atoms with Gasteiger partial charge in [0.25, 0.3) is 0 Å². The second kappa shape index (κ2) is 5.19. The molecule has 7 heteroatoms. The van der Waals surface area contributed by atoms with Crippen LogP contribution in [0.3, 0.4) is 0 Å². The van der Waals surface area contributed by atoms with E-state index in [0.29, 0.717) is 0 Å². The summed E-state index contributed by atoms with van der Waals surface area (Å²) < 4.78 is 40.2. The van der Waals surface area contributed by atoms with E-state index >= 15 is 0 Å². The molecule has 0 saturated carbocycles. The normalized spacial score (nSPS) is 10.6. The monoisotopic (exact) mass is 306 g/mol. The summed E-state index contributed by atoms with van der Waals surface area (Å²) in [5.74, 6) is -2.47. The van der Waals surface area contributed by atoms with Gasteiger partial charge in [0, 0.05) is 5.69 Å². The average Bonchev–Trinajstić information content (AvgIpc) is 2.25. The molecule has 0 aliphatic rings. The molecule has 0 amide bonds. The lowest BCUT2D eigenvalue weighted by atomic mass is 10.2. The van der Waals surface area contributed by atoms with Crippen molar-refractivity contribution in [2.45, 2.75) is 0 Å². The molecule has 2 rings (SSSR count). The molecule has 2 nitrogen and oxygen atoms in total. The zero-order chi connectivity index (χ0) is 14.2. The van der Waals surface area contributed by atoms with Crippen molar-refractivity contribution >= 4 is 40.3 Å². The highest BCUT2D eigenvalue weighted by Crippen LogP contribution is 2.35. The van der Waals surface area contributed by atoms with Crippen molar-refractivity contribution in [3.05, 3.63) is 51.8 Å². The zero-order valence-electron chi connectivity index (χ0n) is 9.28. The van der Waals surface area contributed by atoms with Crippen molar-refractivity contribution in [3.8, 4) is 0 Å². The van der Waals surface area contributed by atoms with Crippen LogP contribution in [-0.2, 0) is 0 Å². The minimum absolute atomic E-state index is 0.00676. The molecule has 0 saturated heterocycles. The molecule has 0 heterocycles. The Morgan fingerprint density at radius 2 is 1.32 bits per heavy atom. The Morgan fingerprint density at radius 3 is 1.79 bits per heavy atom. The molecule has 0 radical (unpaired) electrons. The number of halogens is 5. The van der Waals surface area contributed by atoms with E-state index in [0.717, 1.165) is 24.3 Å². The Balaban J connectivity index is 2.48. The first-order valence-electron chi connectivity index (χ1n) is 5.04. The molecular formula is C12H7Cl2F3N2. The van der Waals surface area contributed by atoms with Crippen molar-refractivity contribution in [1.82, 2.24) is 0 Å². The quantitative estimate of drug-likeness (QED) is 0.787. The van der Waals surface area contributed by atoms with Crippen LogP contribution in [0.25, 0.3) is 0 Å². The number of nitrogen functional groups attached to an aromatic ring is 1. The fraction of sp³-hybridized carbons (Fsp3) is 0. The zero-order valence-corrected chi connectivity index (χ0v) is 10.8. The number of rotatable bonds is 2. The summed E-state index contributed by atoms with van der Waals surface area (Å²) in [6.07, 6.45) is 0. The smallest absolute Gasteiger partial charge is 0.151 e. The van der Waals surface area contributed by atoms with Gasteiger partial charge in [0.1, 0.15) is 11.5 Å². The van der Waals surface area contributed by atoms with Crippen molar-refractivity contribution in [1.29, 1.82) is 0 Å². The van der Waals surface area contributed by atoms with Gasteiger partial charge in [0.05, 0.1) is 15.7 Å². The molecule has 100 valence electrons. The number of anilines is 3. The third-order valence-corrected chi connectivity index (χ3v) is 2.92. The maximum atomic E-state index is 13.6. The van der Waals surface area contributed by atoms with Crippen LogP contribution >= 0.6 is 23.2 Å². The molecular weight excluding hydrogens is 300 g/mol. The van der Waals surface area contributed by atoms with Crippen LogP contribution in [0.4, 0.5) is 30.2 Å². The van der Waals surface area contributed by atoms with E-state index in [1.807, 2.05) is 0 Å². The van der Waals surface area contributed by atoms with Gasteiger partial charge >= 0.3 is 0 Å². The van der Waals surface area contributed by atoms with E-state index < -0.39 is 23.1 Å². The van der Waals surface area contributed by atoms with Crippen LogP contribution in [0.1, 0.15) is 0 Å². The van der Waals surface area contributed by atoms with Gasteiger partial charge in [-0.2, -0.15) is 0 Å². The van der Waals surface area contributed by atoms with Crippen LogP contribution in [-0.4, -0.2) is 0 Å². The standard InChI is InChI=1S/C12H7Cl2F3N2/c13-7-1-5(15)2-8(14)11(7)19-12-9(16)3-6(18)4-10(12)17/h1-4,19H,18H2. The third kappa shape index (κ3) is 2.88. The lowest BCUT2D eigenvalue weighted by Gasteiger charge is -2.12. The van der Waals surface area contributed by atoms with E-state index in [2.05, 4.69) is 5.32 Å². The Hall–Kier alpha value is -1.59. The molecule has 2 aromatic rings. The van der Waals surface area contributed by atoms with Gasteiger partial charge in [-0.3, -0.25) is 0 Å². The molecule has 0 atom stereocenters. The van der Waals surface area contributed by atoms with Gasteiger partial charge in [-0.15, -0.1) is 0 Å². The van der Waals surface area contributed by atoms with Gasteiger partial charge in [-0.25, -0.2) is 13.2 Å². The Morgan fingerprint density at radius 1 is 0.842 bits per heavy atom. The van der Waals surface area contributed by atoms with Gasteiger partial charge in [-0.05, 0) is 24.3 Å². The van der Waals surface area contributed by atoms with Gasteiger partial charge in [0.2, 0.25) is 0 Å². The molecule has 0 aliphatic carbocycles. The topological polar surface area (TPSA) is 38.0 Å². The minimum atomic E-state index is -0.908. The maximum absolute atomic E-state index is 13.6. The largest absolute Gasteiger partial charge is 0.399 e. The minimum Gasteiger partial charge on any atom is -0.399 e. The summed E-state index contributed by atoms with van der Waals surface area (Å²) in [4.78, 5) is 0. The summed E-state index contributed by atoms with van der Waals surface area (Å²) in [5, 5.41) is 2.20. The summed E-state index contributed by atoms with van der Waals surface area (Å²) >= 11 is 11.5. The Bertz CT molecular complexity index is 545. The molecule has 0 fully saturated rings.